The summed E-state index contributed by atoms with van der Waals surface area (Å²) in [6.07, 6.45) is 5.41. The standard InChI is InChI=1S/C16H10Cl2N4.H2O/c1-2-9-4-3-5-10(6-9)20-15-11-7-13(19)12(17)8-14(11)21-16(18)22-15;/h1,3-8H,19H2,(H,20,21,22);1H2. The van der Waals surface area contributed by atoms with Gasteiger partial charge in [0.1, 0.15) is 5.82 Å². The van der Waals surface area contributed by atoms with Gasteiger partial charge in [0.25, 0.3) is 0 Å². The van der Waals surface area contributed by atoms with Gasteiger partial charge in [0, 0.05) is 16.6 Å². The van der Waals surface area contributed by atoms with E-state index in [1.54, 1.807) is 12.1 Å². The molecule has 2 aromatic carbocycles. The van der Waals surface area contributed by atoms with Gasteiger partial charge < -0.3 is 16.5 Å². The molecule has 7 heteroatoms. The van der Waals surface area contributed by atoms with Crippen LogP contribution in [0.1, 0.15) is 5.56 Å². The molecule has 0 fully saturated rings. The van der Waals surface area contributed by atoms with Crippen LogP contribution in [0.15, 0.2) is 36.4 Å². The lowest BCUT2D eigenvalue weighted by Gasteiger charge is -2.10. The van der Waals surface area contributed by atoms with E-state index in [1.807, 2.05) is 24.3 Å². The third kappa shape index (κ3) is 3.46. The fraction of sp³-hybridized carbons (Fsp3) is 0. The second-order valence-corrected chi connectivity index (χ2v) is 5.33. The Labute approximate surface area is 142 Å². The monoisotopic (exact) mass is 346 g/mol. The zero-order valence-corrected chi connectivity index (χ0v) is 13.3. The summed E-state index contributed by atoms with van der Waals surface area (Å²) in [5, 5.41) is 4.43. The predicted molar refractivity (Wildman–Crippen MR) is 95.2 cm³/mol. The van der Waals surface area contributed by atoms with Gasteiger partial charge in [-0.15, -0.1) is 6.42 Å². The van der Waals surface area contributed by atoms with Crippen molar-refractivity contribution in [3.63, 3.8) is 0 Å². The summed E-state index contributed by atoms with van der Waals surface area (Å²) in [6, 6.07) is 10.8. The first-order valence-electron chi connectivity index (χ1n) is 6.33. The van der Waals surface area contributed by atoms with E-state index in [4.69, 9.17) is 35.4 Å². The van der Waals surface area contributed by atoms with E-state index in [1.165, 1.54) is 0 Å². The highest BCUT2D eigenvalue weighted by Gasteiger charge is 2.10. The number of hydrogen-bond donors (Lipinski definition) is 2. The van der Waals surface area contributed by atoms with Gasteiger partial charge in [0.05, 0.1) is 16.2 Å². The Hall–Kier alpha value is -2.52. The SMILES string of the molecule is C#Cc1cccc(Nc2nc(Cl)nc3cc(Cl)c(N)cc23)c1.O. The Balaban J connectivity index is 0.00000192. The third-order valence-corrected chi connectivity index (χ3v) is 3.58. The summed E-state index contributed by atoms with van der Waals surface area (Å²) in [6.45, 7) is 0. The molecule has 3 aromatic rings. The lowest BCUT2D eigenvalue weighted by molar-refractivity contribution is 0.824. The summed E-state index contributed by atoms with van der Waals surface area (Å²) in [7, 11) is 0. The molecule has 0 aliphatic rings. The molecule has 0 saturated carbocycles. The molecule has 5 nitrogen and oxygen atoms in total. The van der Waals surface area contributed by atoms with Crippen molar-refractivity contribution in [3.8, 4) is 12.3 Å². The van der Waals surface area contributed by atoms with Gasteiger partial charge >= 0.3 is 0 Å². The van der Waals surface area contributed by atoms with Crippen molar-refractivity contribution >= 4 is 51.3 Å². The van der Waals surface area contributed by atoms with Crippen molar-refractivity contribution in [2.45, 2.75) is 0 Å². The first kappa shape index (κ1) is 16.8. The first-order valence-corrected chi connectivity index (χ1v) is 7.08. The number of terminal acetylenes is 1. The number of aromatic nitrogens is 2. The van der Waals surface area contributed by atoms with Crippen molar-refractivity contribution in [2.75, 3.05) is 11.1 Å². The van der Waals surface area contributed by atoms with E-state index in [2.05, 4.69) is 21.2 Å². The molecule has 0 atom stereocenters. The topological polar surface area (TPSA) is 95.3 Å². The third-order valence-electron chi connectivity index (χ3n) is 3.08. The molecule has 0 radical (unpaired) electrons. The lowest BCUT2D eigenvalue weighted by atomic mass is 10.2. The van der Waals surface area contributed by atoms with Crippen molar-refractivity contribution in [1.82, 2.24) is 9.97 Å². The molecule has 1 aromatic heterocycles. The summed E-state index contributed by atoms with van der Waals surface area (Å²) in [5.74, 6) is 3.12. The Morgan fingerprint density at radius 2 is 1.91 bits per heavy atom. The maximum Gasteiger partial charge on any atom is 0.224 e. The van der Waals surface area contributed by atoms with Gasteiger partial charge in [0.2, 0.25) is 5.28 Å². The van der Waals surface area contributed by atoms with Gasteiger partial charge in [0.15, 0.2) is 0 Å². The largest absolute Gasteiger partial charge is 0.412 e. The van der Waals surface area contributed by atoms with Crippen molar-refractivity contribution < 1.29 is 5.48 Å². The van der Waals surface area contributed by atoms with E-state index in [0.29, 0.717) is 22.0 Å². The molecule has 116 valence electrons. The second-order valence-electron chi connectivity index (χ2n) is 4.58. The molecule has 23 heavy (non-hydrogen) atoms. The minimum absolute atomic E-state index is 0. The Morgan fingerprint density at radius 3 is 2.65 bits per heavy atom. The highest BCUT2D eigenvalue weighted by atomic mass is 35.5. The van der Waals surface area contributed by atoms with Crippen LogP contribution < -0.4 is 11.1 Å². The fourth-order valence-electron chi connectivity index (χ4n) is 2.06. The van der Waals surface area contributed by atoms with Gasteiger partial charge in [-0.05, 0) is 41.9 Å². The molecule has 0 bridgehead atoms. The van der Waals surface area contributed by atoms with Crippen molar-refractivity contribution in [1.29, 1.82) is 0 Å². The van der Waals surface area contributed by atoms with Crippen LogP contribution in [-0.2, 0) is 0 Å². The normalized spacial score (nSPS) is 9.96. The molecule has 3 rings (SSSR count). The lowest BCUT2D eigenvalue weighted by Crippen LogP contribution is -1.99. The zero-order chi connectivity index (χ0) is 15.7. The minimum Gasteiger partial charge on any atom is -0.412 e. The molecule has 0 aliphatic carbocycles. The second kappa shape index (κ2) is 6.71. The number of benzene rings is 2. The van der Waals surface area contributed by atoms with Gasteiger partial charge in [-0.3, -0.25) is 0 Å². The Morgan fingerprint density at radius 1 is 1.13 bits per heavy atom. The van der Waals surface area contributed by atoms with Crippen LogP contribution in [0.5, 0.6) is 0 Å². The summed E-state index contributed by atoms with van der Waals surface area (Å²) >= 11 is 12.0. The molecule has 5 N–H and O–H groups in total. The number of nitrogens with zero attached hydrogens (tertiary/aromatic N) is 2. The quantitative estimate of drug-likeness (QED) is 0.422. The minimum atomic E-state index is 0. The molecule has 0 spiro atoms. The van der Waals surface area contributed by atoms with Crippen LogP contribution in [-0.4, -0.2) is 15.4 Å². The Kier molecular flexibility index (Phi) is 4.92. The number of anilines is 3. The maximum absolute atomic E-state index is 6.02. The summed E-state index contributed by atoms with van der Waals surface area (Å²) in [5.41, 5.74) is 8.46. The van der Waals surface area contributed by atoms with E-state index in [9.17, 15) is 0 Å². The van der Waals surface area contributed by atoms with E-state index >= 15 is 0 Å². The summed E-state index contributed by atoms with van der Waals surface area (Å²) < 4.78 is 0. The summed E-state index contributed by atoms with van der Waals surface area (Å²) in [4.78, 5) is 8.37. The van der Waals surface area contributed by atoms with Gasteiger partial charge in [-0.25, -0.2) is 4.98 Å². The van der Waals surface area contributed by atoms with E-state index in [-0.39, 0.29) is 10.8 Å². The van der Waals surface area contributed by atoms with E-state index in [0.717, 1.165) is 16.6 Å². The highest BCUT2D eigenvalue weighted by Crippen LogP contribution is 2.31. The van der Waals surface area contributed by atoms with Crippen LogP contribution in [0.2, 0.25) is 10.3 Å². The highest BCUT2D eigenvalue weighted by molar-refractivity contribution is 6.34. The van der Waals surface area contributed by atoms with E-state index < -0.39 is 0 Å². The zero-order valence-electron chi connectivity index (χ0n) is 11.8. The van der Waals surface area contributed by atoms with Crippen LogP contribution >= 0.6 is 23.2 Å². The first-order chi connectivity index (χ1) is 10.6. The average Bonchev–Trinajstić information content (AvgIpc) is 2.49. The number of fused-ring (bicyclic) bond motifs is 1. The number of hydrogen-bond acceptors (Lipinski definition) is 4. The fourth-order valence-corrected chi connectivity index (χ4v) is 2.39. The number of nitrogen functional groups attached to an aromatic ring is 1. The predicted octanol–water partition coefficient (Wildman–Crippen LogP) is 3.42. The molecule has 0 unspecified atom stereocenters. The number of nitrogens with two attached hydrogens (primary N) is 1. The number of halogens is 2. The van der Waals surface area contributed by atoms with Crippen LogP contribution in [0.4, 0.5) is 17.2 Å². The average molecular weight is 347 g/mol. The van der Waals surface area contributed by atoms with Crippen molar-refractivity contribution in [3.05, 3.63) is 52.3 Å². The molecule has 0 amide bonds. The number of nitrogens with one attached hydrogen (secondary N) is 1. The maximum atomic E-state index is 6.02. The molecule has 0 aliphatic heterocycles. The molecule has 1 heterocycles. The Bertz CT molecular complexity index is 922. The van der Waals surface area contributed by atoms with Crippen LogP contribution in [0.25, 0.3) is 10.9 Å². The smallest absolute Gasteiger partial charge is 0.224 e. The van der Waals surface area contributed by atoms with Crippen LogP contribution in [0.3, 0.4) is 0 Å². The molecular weight excluding hydrogens is 335 g/mol. The van der Waals surface area contributed by atoms with Gasteiger partial charge in [-0.1, -0.05) is 23.6 Å². The van der Waals surface area contributed by atoms with Crippen molar-refractivity contribution in [2.24, 2.45) is 0 Å². The van der Waals surface area contributed by atoms with Gasteiger partial charge in [-0.2, -0.15) is 4.98 Å². The number of rotatable bonds is 2. The van der Waals surface area contributed by atoms with Crippen LogP contribution in [0, 0.1) is 12.3 Å². The molecular formula is C16H12Cl2N4O. The molecule has 0 saturated heterocycles.